The van der Waals surface area contributed by atoms with Gasteiger partial charge in [-0.05, 0) is 41.5 Å². The molecule has 0 aliphatic heterocycles. The van der Waals surface area contributed by atoms with Gasteiger partial charge in [0.25, 0.3) is 5.56 Å². The lowest BCUT2D eigenvalue weighted by molar-refractivity contribution is -0.137. The predicted octanol–water partition coefficient (Wildman–Crippen LogP) is 3.75. The van der Waals surface area contributed by atoms with Crippen LogP contribution in [0.3, 0.4) is 0 Å². The molecule has 1 aromatic heterocycles. The maximum Gasteiger partial charge on any atom is 0.416 e. The molecule has 0 aliphatic carbocycles. The molecule has 0 unspecified atom stereocenters. The lowest BCUT2D eigenvalue weighted by Crippen LogP contribution is -2.24. The van der Waals surface area contributed by atoms with Crippen LogP contribution >= 0.6 is 0 Å². The van der Waals surface area contributed by atoms with Gasteiger partial charge in [-0.1, -0.05) is 12.1 Å². The number of halogens is 3. The zero-order valence-corrected chi connectivity index (χ0v) is 13.4. The number of pyridine rings is 1. The average molecular weight is 349 g/mol. The fourth-order valence-electron chi connectivity index (χ4n) is 2.68. The summed E-state index contributed by atoms with van der Waals surface area (Å²) < 4.78 is 44.6. The number of hydrogen-bond acceptors (Lipinski definition) is 3. The highest BCUT2D eigenvalue weighted by Gasteiger charge is 2.30. The monoisotopic (exact) mass is 349 g/mol. The first-order valence-electron chi connectivity index (χ1n) is 7.31. The highest BCUT2D eigenvalue weighted by molar-refractivity contribution is 5.95. The van der Waals surface area contributed by atoms with Crippen LogP contribution < -0.4 is 15.1 Å². The molecule has 0 atom stereocenters. The Labute approximate surface area is 141 Å². The number of hydrogen-bond donors (Lipinski definition) is 0. The number of aromatic nitrogens is 1. The van der Waals surface area contributed by atoms with Gasteiger partial charge >= 0.3 is 6.18 Å². The van der Waals surface area contributed by atoms with Crippen molar-refractivity contribution in [2.45, 2.75) is 6.18 Å². The fraction of sp³-hybridized carbons (Fsp3) is 0.167. The van der Waals surface area contributed by atoms with Crippen LogP contribution in [0.1, 0.15) is 5.56 Å². The maximum absolute atomic E-state index is 12.8. The third-order valence-corrected chi connectivity index (χ3v) is 3.89. The van der Waals surface area contributed by atoms with Crippen molar-refractivity contribution >= 4 is 10.9 Å². The molecule has 4 nitrogen and oxygen atoms in total. The summed E-state index contributed by atoms with van der Waals surface area (Å²) >= 11 is 0. The summed E-state index contributed by atoms with van der Waals surface area (Å²) in [4.78, 5) is 17.4. The van der Waals surface area contributed by atoms with E-state index in [2.05, 4.69) is 0 Å². The Bertz CT molecular complexity index is 976. The lowest BCUT2D eigenvalue weighted by Gasteiger charge is -2.14. The molecule has 3 aromatic rings. The maximum atomic E-state index is 12.8. The molecule has 0 spiro atoms. The van der Waals surface area contributed by atoms with Crippen molar-refractivity contribution in [1.29, 1.82) is 0 Å². The van der Waals surface area contributed by atoms with Gasteiger partial charge in [-0.2, -0.15) is 13.2 Å². The summed E-state index contributed by atoms with van der Waals surface area (Å²) in [5, 5.41) is 0.626. The Hall–Kier alpha value is -2.96. The van der Waals surface area contributed by atoms with Crippen molar-refractivity contribution < 1.29 is 22.7 Å². The highest BCUT2D eigenvalue weighted by Crippen LogP contribution is 2.33. The first kappa shape index (κ1) is 16.9. The SMILES string of the molecule is COc1ccc2c(c1)c(-c1ccc(C(F)(F)F)cc1)cc(=O)n2OC. The predicted molar refractivity (Wildman–Crippen MR) is 87.7 cm³/mol. The molecule has 0 saturated heterocycles. The van der Waals surface area contributed by atoms with Crippen LogP contribution in [0.25, 0.3) is 22.0 Å². The van der Waals surface area contributed by atoms with Gasteiger partial charge < -0.3 is 9.57 Å². The summed E-state index contributed by atoms with van der Waals surface area (Å²) in [5.74, 6) is 0.557. The summed E-state index contributed by atoms with van der Waals surface area (Å²) in [5.41, 5.74) is 0.316. The molecule has 0 saturated carbocycles. The van der Waals surface area contributed by atoms with Crippen LogP contribution in [-0.4, -0.2) is 19.0 Å². The normalized spacial score (nSPS) is 11.6. The second kappa shape index (κ2) is 6.16. The topological polar surface area (TPSA) is 40.5 Å². The molecule has 0 aliphatic rings. The minimum Gasteiger partial charge on any atom is -0.497 e. The number of methoxy groups -OCH3 is 1. The zero-order chi connectivity index (χ0) is 18.2. The van der Waals surface area contributed by atoms with E-state index in [9.17, 15) is 18.0 Å². The van der Waals surface area contributed by atoms with Gasteiger partial charge in [0.1, 0.15) is 12.9 Å². The Balaban J connectivity index is 2.26. The molecular weight excluding hydrogens is 335 g/mol. The Morgan fingerprint density at radius 1 is 0.960 bits per heavy atom. The van der Waals surface area contributed by atoms with Crippen molar-refractivity contribution in [2.75, 3.05) is 14.2 Å². The highest BCUT2D eigenvalue weighted by atomic mass is 19.4. The van der Waals surface area contributed by atoms with E-state index in [4.69, 9.17) is 9.57 Å². The summed E-state index contributed by atoms with van der Waals surface area (Å²) in [6, 6.07) is 11.0. The van der Waals surface area contributed by atoms with Crippen LogP contribution in [0.15, 0.2) is 53.3 Å². The third-order valence-electron chi connectivity index (χ3n) is 3.89. The van der Waals surface area contributed by atoms with Gasteiger partial charge in [-0.3, -0.25) is 4.79 Å². The summed E-state index contributed by atoms with van der Waals surface area (Å²) in [7, 11) is 2.87. The van der Waals surface area contributed by atoms with Gasteiger partial charge in [-0.25, -0.2) is 0 Å². The largest absolute Gasteiger partial charge is 0.497 e. The molecule has 0 fully saturated rings. The molecule has 25 heavy (non-hydrogen) atoms. The number of alkyl halides is 3. The number of rotatable bonds is 3. The molecule has 0 N–H and O–H groups in total. The number of benzene rings is 2. The zero-order valence-electron chi connectivity index (χ0n) is 13.4. The Morgan fingerprint density at radius 3 is 2.20 bits per heavy atom. The second-order valence-corrected chi connectivity index (χ2v) is 5.33. The van der Waals surface area contributed by atoms with Gasteiger partial charge in [0.15, 0.2) is 0 Å². The van der Waals surface area contributed by atoms with Crippen LogP contribution in [0.5, 0.6) is 5.75 Å². The van der Waals surface area contributed by atoms with Crippen molar-refractivity contribution in [3.8, 4) is 16.9 Å². The van der Waals surface area contributed by atoms with Crippen molar-refractivity contribution in [2.24, 2.45) is 0 Å². The number of ether oxygens (including phenoxy) is 1. The molecule has 7 heteroatoms. The molecular formula is C18H14F3NO3. The van der Waals surface area contributed by atoms with Crippen LogP contribution in [0.4, 0.5) is 13.2 Å². The van der Waals surface area contributed by atoms with Crippen molar-refractivity contribution in [3.63, 3.8) is 0 Å². The van der Waals surface area contributed by atoms with Crippen LogP contribution in [0.2, 0.25) is 0 Å². The molecule has 0 bridgehead atoms. The van der Waals surface area contributed by atoms with Gasteiger partial charge in [0.05, 0.1) is 18.2 Å². The van der Waals surface area contributed by atoms with Crippen molar-refractivity contribution in [3.05, 3.63) is 64.4 Å². The van der Waals surface area contributed by atoms with E-state index >= 15 is 0 Å². The smallest absolute Gasteiger partial charge is 0.416 e. The lowest BCUT2D eigenvalue weighted by atomic mass is 10.00. The first-order valence-corrected chi connectivity index (χ1v) is 7.31. The summed E-state index contributed by atoms with van der Waals surface area (Å²) in [6.07, 6.45) is -4.41. The van der Waals surface area contributed by atoms with E-state index in [1.54, 1.807) is 18.2 Å². The van der Waals surface area contributed by atoms with Crippen LogP contribution in [-0.2, 0) is 6.18 Å². The van der Waals surface area contributed by atoms with E-state index in [0.29, 0.717) is 27.8 Å². The standard InChI is InChI=1S/C18H14F3NO3/c1-24-13-7-8-16-15(9-13)14(10-17(23)22(16)25-2)11-3-5-12(6-4-11)18(19,20)21/h3-10H,1-2H3. The second-order valence-electron chi connectivity index (χ2n) is 5.33. The molecule has 2 aromatic carbocycles. The van der Waals surface area contributed by atoms with Crippen molar-refractivity contribution in [1.82, 2.24) is 4.73 Å². The third kappa shape index (κ3) is 3.05. The first-order chi connectivity index (χ1) is 11.8. The van der Waals surface area contributed by atoms with E-state index < -0.39 is 17.3 Å². The van der Waals surface area contributed by atoms with Gasteiger partial charge in [0.2, 0.25) is 0 Å². The molecule has 1 heterocycles. The van der Waals surface area contributed by atoms with E-state index in [0.717, 1.165) is 16.9 Å². The fourth-order valence-corrected chi connectivity index (χ4v) is 2.68. The Kier molecular flexibility index (Phi) is 4.16. The number of fused-ring (bicyclic) bond motifs is 1. The van der Waals surface area contributed by atoms with E-state index in [1.165, 1.54) is 32.4 Å². The minimum absolute atomic E-state index is 0.421. The average Bonchev–Trinajstić information content (AvgIpc) is 2.60. The molecule has 0 amide bonds. The minimum atomic E-state index is -4.41. The van der Waals surface area contributed by atoms with Gasteiger partial charge in [0, 0.05) is 11.5 Å². The van der Waals surface area contributed by atoms with E-state index in [1.807, 2.05) is 0 Å². The molecule has 0 radical (unpaired) electrons. The van der Waals surface area contributed by atoms with Crippen LogP contribution in [0, 0.1) is 0 Å². The van der Waals surface area contributed by atoms with E-state index in [-0.39, 0.29) is 0 Å². The number of nitrogens with zero attached hydrogens (tertiary/aromatic N) is 1. The summed E-state index contributed by atoms with van der Waals surface area (Å²) in [6.45, 7) is 0. The molecule has 3 rings (SSSR count). The quantitative estimate of drug-likeness (QED) is 0.723. The Morgan fingerprint density at radius 2 is 1.64 bits per heavy atom. The molecule has 130 valence electrons. The van der Waals surface area contributed by atoms with Gasteiger partial charge in [-0.15, -0.1) is 4.73 Å².